The van der Waals surface area contributed by atoms with E-state index in [1.54, 1.807) is 0 Å². The average molecular weight is 441 g/mol. The van der Waals surface area contributed by atoms with E-state index in [0.717, 1.165) is 44.9 Å². The van der Waals surface area contributed by atoms with Crippen LogP contribution in [0, 0.1) is 5.92 Å². The summed E-state index contributed by atoms with van der Waals surface area (Å²) in [6.07, 6.45) is 11.1. The highest BCUT2D eigenvalue weighted by Crippen LogP contribution is 2.15. The maximum Gasteiger partial charge on any atom is 0.242 e. The smallest absolute Gasteiger partial charge is 0.242 e. The van der Waals surface area contributed by atoms with E-state index < -0.39 is 12.0 Å². The standard InChI is InChI=1S/C22H40N4O5/c1-18(28)23-14-11-9-13-20-22(30)24-15-10-7-5-3-2-4-6-8-12-19(21(29)25-20)16-26(31)17-27/h17,19-20,31H,2-16H2,1H3,(H,23,28)(H,24,30)(H,25,29)/t19-,20+/m1/s1. The Kier molecular flexibility index (Phi) is 14.3. The van der Waals surface area contributed by atoms with E-state index in [0.29, 0.717) is 50.2 Å². The topological polar surface area (TPSA) is 128 Å². The van der Waals surface area contributed by atoms with Crippen molar-refractivity contribution >= 4 is 24.1 Å². The van der Waals surface area contributed by atoms with E-state index in [4.69, 9.17) is 0 Å². The molecule has 0 radical (unpaired) electrons. The van der Waals surface area contributed by atoms with Crippen LogP contribution in [-0.4, -0.2) is 60.1 Å². The highest BCUT2D eigenvalue weighted by Gasteiger charge is 2.26. The van der Waals surface area contributed by atoms with Crippen molar-refractivity contribution in [1.82, 2.24) is 21.0 Å². The first-order valence-corrected chi connectivity index (χ1v) is 11.7. The number of carbonyl (C=O) groups excluding carboxylic acids is 4. The Labute approximate surface area is 185 Å². The van der Waals surface area contributed by atoms with Crippen molar-refractivity contribution in [3.8, 4) is 0 Å². The molecule has 0 aliphatic carbocycles. The van der Waals surface area contributed by atoms with E-state index in [2.05, 4.69) is 16.0 Å². The summed E-state index contributed by atoms with van der Waals surface area (Å²) in [6, 6.07) is -0.677. The van der Waals surface area contributed by atoms with Crippen LogP contribution in [0.3, 0.4) is 0 Å². The third-order valence-electron chi connectivity index (χ3n) is 5.61. The molecule has 1 heterocycles. The van der Waals surface area contributed by atoms with Gasteiger partial charge in [-0.25, -0.2) is 5.06 Å². The fourth-order valence-electron chi connectivity index (χ4n) is 3.78. The summed E-state index contributed by atoms with van der Waals surface area (Å²) in [5.74, 6) is -1.20. The molecule has 9 nitrogen and oxygen atoms in total. The zero-order chi connectivity index (χ0) is 22.9. The normalized spacial score (nSPS) is 22.1. The predicted octanol–water partition coefficient (Wildman–Crippen LogP) is 1.88. The molecule has 0 aromatic carbocycles. The molecular weight excluding hydrogens is 400 g/mol. The second-order valence-electron chi connectivity index (χ2n) is 8.37. The van der Waals surface area contributed by atoms with Gasteiger partial charge in [-0.1, -0.05) is 44.9 Å². The molecule has 4 N–H and O–H groups in total. The molecule has 2 atom stereocenters. The molecule has 1 aliphatic rings. The molecule has 0 aromatic rings. The summed E-state index contributed by atoms with van der Waals surface area (Å²) in [7, 11) is 0. The lowest BCUT2D eigenvalue weighted by Crippen LogP contribution is -2.50. The second-order valence-corrected chi connectivity index (χ2v) is 8.37. The number of hydroxylamine groups is 2. The Balaban J connectivity index is 2.76. The van der Waals surface area contributed by atoms with E-state index >= 15 is 0 Å². The van der Waals surface area contributed by atoms with Crippen molar-refractivity contribution < 1.29 is 24.4 Å². The van der Waals surface area contributed by atoms with Crippen molar-refractivity contribution in [2.45, 2.75) is 90.0 Å². The zero-order valence-corrected chi connectivity index (χ0v) is 18.9. The molecule has 178 valence electrons. The van der Waals surface area contributed by atoms with Gasteiger partial charge in [0.2, 0.25) is 24.1 Å². The number of hydrogen-bond acceptors (Lipinski definition) is 5. The van der Waals surface area contributed by atoms with Crippen LogP contribution in [-0.2, 0) is 19.2 Å². The van der Waals surface area contributed by atoms with E-state index in [9.17, 15) is 24.4 Å². The summed E-state index contributed by atoms with van der Waals surface area (Å²) in [5.41, 5.74) is 0. The first kappa shape index (κ1) is 26.9. The zero-order valence-electron chi connectivity index (χ0n) is 18.9. The molecular formula is C22H40N4O5. The minimum absolute atomic E-state index is 0.0911. The van der Waals surface area contributed by atoms with Crippen molar-refractivity contribution in [1.29, 1.82) is 0 Å². The molecule has 9 heteroatoms. The van der Waals surface area contributed by atoms with Crippen LogP contribution in [0.4, 0.5) is 0 Å². The Bertz CT molecular complexity index is 558. The molecule has 1 fully saturated rings. The van der Waals surface area contributed by atoms with Crippen LogP contribution in [0.25, 0.3) is 0 Å². The van der Waals surface area contributed by atoms with Gasteiger partial charge in [0.15, 0.2) is 0 Å². The third-order valence-corrected chi connectivity index (χ3v) is 5.61. The van der Waals surface area contributed by atoms with Crippen molar-refractivity contribution in [3.63, 3.8) is 0 Å². The van der Waals surface area contributed by atoms with Gasteiger partial charge in [-0.3, -0.25) is 24.4 Å². The Morgan fingerprint density at radius 3 is 2.35 bits per heavy atom. The van der Waals surface area contributed by atoms with Gasteiger partial charge in [0, 0.05) is 20.0 Å². The molecule has 0 spiro atoms. The number of nitrogens with one attached hydrogen (secondary N) is 3. The van der Waals surface area contributed by atoms with E-state index in [1.807, 2.05) is 0 Å². The van der Waals surface area contributed by atoms with Gasteiger partial charge in [0.05, 0.1) is 12.5 Å². The van der Waals surface area contributed by atoms with E-state index in [-0.39, 0.29) is 24.3 Å². The highest BCUT2D eigenvalue weighted by molar-refractivity contribution is 5.88. The van der Waals surface area contributed by atoms with Gasteiger partial charge in [-0.2, -0.15) is 0 Å². The molecule has 31 heavy (non-hydrogen) atoms. The summed E-state index contributed by atoms with van der Waals surface area (Å²) in [4.78, 5) is 47.4. The summed E-state index contributed by atoms with van der Waals surface area (Å²) in [5, 5.41) is 18.6. The highest BCUT2D eigenvalue weighted by atomic mass is 16.5. The molecule has 0 bridgehead atoms. The quantitative estimate of drug-likeness (QED) is 0.198. The van der Waals surface area contributed by atoms with Gasteiger partial charge in [-0.05, 0) is 32.1 Å². The average Bonchev–Trinajstić information content (AvgIpc) is 2.74. The fourth-order valence-corrected chi connectivity index (χ4v) is 3.78. The number of nitrogens with zero attached hydrogens (tertiary/aromatic N) is 1. The van der Waals surface area contributed by atoms with Gasteiger partial charge in [0.1, 0.15) is 6.04 Å². The molecule has 1 aliphatic heterocycles. The number of unbranched alkanes of at least 4 members (excludes halogenated alkanes) is 1. The maximum atomic E-state index is 12.9. The second kappa shape index (κ2) is 16.5. The molecule has 1 saturated heterocycles. The van der Waals surface area contributed by atoms with Gasteiger partial charge < -0.3 is 16.0 Å². The molecule has 4 amide bonds. The van der Waals surface area contributed by atoms with Crippen LogP contribution in [0.1, 0.15) is 84.0 Å². The SMILES string of the molecule is CC(=O)NCCCC[C@@H]1NC(=O)[C@@H](CN(O)C=O)CCCCCCCCCCNC1=O. The van der Waals surface area contributed by atoms with Crippen molar-refractivity contribution in [3.05, 3.63) is 0 Å². The molecule has 1 rings (SSSR count). The molecule has 0 aromatic heterocycles. The number of rotatable bonds is 8. The Morgan fingerprint density at radius 1 is 1.06 bits per heavy atom. The summed E-state index contributed by atoms with van der Waals surface area (Å²) >= 11 is 0. The van der Waals surface area contributed by atoms with Gasteiger partial charge in [-0.15, -0.1) is 0 Å². The first-order chi connectivity index (χ1) is 14.9. The van der Waals surface area contributed by atoms with Crippen LogP contribution < -0.4 is 16.0 Å². The van der Waals surface area contributed by atoms with Crippen LogP contribution >= 0.6 is 0 Å². The molecule has 0 unspecified atom stereocenters. The predicted molar refractivity (Wildman–Crippen MR) is 117 cm³/mol. The number of hydrogen-bond donors (Lipinski definition) is 4. The minimum Gasteiger partial charge on any atom is -0.356 e. The lowest BCUT2D eigenvalue weighted by atomic mass is 9.97. The Hall–Kier alpha value is -2.16. The Morgan fingerprint density at radius 2 is 1.71 bits per heavy atom. The van der Waals surface area contributed by atoms with Gasteiger partial charge in [0.25, 0.3) is 0 Å². The third kappa shape index (κ3) is 13.0. The monoisotopic (exact) mass is 440 g/mol. The minimum atomic E-state index is -0.677. The number of amides is 4. The van der Waals surface area contributed by atoms with Crippen LogP contribution in [0.5, 0.6) is 0 Å². The summed E-state index contributed by atoms with van der Waals surface area (Å²) in [6.45, 7) is 2.47. The van der Waals surface area contributed by atoms with Crippen molar-refractivity contribution in [2.75, 3.05) is 19.6 Å². The maximum absolute atomic E-state index is 12.9. The number of carbonyl (C=O) groups is 4. The van der Waals surface area contributed by atoms with Gasteiger partial charge >= 0.3 is 0 Å². The van der Waals surface area contributed by atoms with Crippen molar-refractivity contribution in [2.24, 2.45) is 5.92 Å². The van der Waals surface area contributed by atoms with Crippen LogP contribution in [0.2, 0.25) is 0 Å². The largest absolute Gasteiger partial charge is 0.356 e. The van der Waals surface area contributed by atoms with E-state index in [1.165, 1.54) is 13.3 Å². The lowest BCUT2D eigenvalue weighted by molar-refractivity contribution is -0.155. The first-order valence-electron chi connectivity index (χ1n) is 11.7. The fraction of sp³-hybridized carbons (Fsp3) is 0.818. The van der Waals surface area contributed by atoms with Crippen LogP contribution in [0.15, 0.2) is 0 Å². The molecule has 0 saturated carbocycles. The lowest BCUT2D eigenvalue weighted by Gasteiger charge is -2.24. The summed E-state index contributed by atoms with van der Waals surface area (Å²) < 4.78 is 0.